The Labute approximate surface area is 159 Å². The molecule has 0 heterocycles. The zero-order valence-corrected chi connectivity index (χ0v) is 17.5. The molecule has 0 fully saturated rings. The number of hydrogen-bond donors (Lipinski definition) is 1. The molecule has 0 aromatic heterocycles. The van der Waals surface area contributed by atoms with Crippen molar-refractivity contribution < 1.29 is 12.6 Å². The van der Waals surface area contributed by atoms with Gasteiger partial charge in [0.2, 0.25) is 0 Å². The average Bonchev–Trinajstić information content (AvgIpc) is 2.59. The summed E-state index contributed by atoms with van der Waals surface area (Å²) in [6.07, 6.45) is 0. The second kappa shape index (κ2) is 7.62. The maximum absolute atomic E-state index is 13.4. The van der Waals surface area contributed by atoms with Crippen molar-refractivity contribution in [2.45, 2.75) is 55.1 Å². The number of hydrogen-bond acceptors (Lipinski definition) is 3. The van der Waals surface area contributed by atoms with Crippen molar-refractivity contribution in [3.05, 3.63) is 66.2 Å². The quantitative estimate of drug-likeness (QED) is 0.806. The van der Waals surface area contributed by atoms with Crippen molar-refractivity contribution in [3.63, 3.8) is 0 Å². The van der Waals surface area contributed by atoms with E-state index in [-0.39, 0.29) is 4.90 Å². The van der Waals surface area contributed by atoms with Gasteiger partial charge in [-0.25, -0.2) is 17.3 Å². The van der Waals surface area contributed by atoms with Gasteiger partial charge in [-0.15, -0.1) is 0 Å². The lowest BCUT2D eigenvalue weighted by atomic mass is 9.96. The number of rotatable bonds is 6. The SMILES string of the molecule is CC(C)(C)S(=O)N[C@H](c1ccccc1)C(C)(C)S(=O)(=O)c1ccccc1. The molecule has 0 aliphatic heterocycles. The molecule has 0 aliphatic rings. The van der Waals surface area contributed by atoms with E-state index in [4.69, 9.17) is 0 Å². The molecular formula is C20H27NO3S2. The standard InChI is InChI=1S/C20H27NO3S2/c1-19(2,3)25(22)21-18(16-12-8-6-9-13-16)20(4,5)26(23,24)17-14-10-7-11-15-17/h6-15,18,21H,1-5H3/t18-,25?/m1/s1. The van der Waals surface area contributed by atoms with E-state index in [0.717, 1.165) is 5.56 Å². The third kappa shape index (κ3) is 4.24. The zero-order valence-electron chi connectivity index (χ0n) is 15.9. The molecular weight excluding hydrogens is 366 g/mol. The second-order valence-corrected chi connectivity index (χ2v) is 12.3. The van der Waals surface area contributed by atoms with Gasteiger partial charge in [-0.2, -0.15) is 0 Å². The molecule has 0 radical (unpaired) electrons. The summed E-state index contributed by atoms with van der Waals surface area (Å²) in [4.78, 5) is 0.259. The van der Waals surface area contributed by atoms with Gasteiger partial charge in [0.25, 0.3) is 0 Å². The van der Waals surface area contributed by atoms with E-state index in [1.54, 1.807) is 44.2 Å². The summed E-state index contributed by atoms with van der Waals surface area (Å²) in [6.45, 7) is 8.93. The molecule has 0 spiro atoms. The van der Waals surface area contributed by atoms with Crippen LogP contribution in [0.5, 0.6) is 0 Å². The summed E-state index contributed by atoms with van der Waals surface area (Å²) in [6, 6.07) is 17.1. The van der Waals surface area contributed by atoms with Crippen LogP contribution in [0, 0.1) is 0 Å². The fourth-order valence-corrected chi connectivity index (χ4v) is 5.30. The van der Waals surface area contributed by atoms with E-state index in [0.29, 0.717) is 0 Å². The fraction of sp³-hybridized carbons (Fsp3) is 0.400. The Balaban J connectivity index is 2.55. The topological polar surface area (TPSA) is 63.2 Å². The van der Waals surface area contributed by atoms with Crippen LogP contribution < -0.4 is 4.72 Å². The van der Waals surface area contributed by atoms with Gasteiger partial charge < -0.3 is 0 Å². The largest absolute Gasteiger partial charge is 0.242 e. The van der Waals surface area contributed by atoms with Gasteiger partial charge in [-0.3, -0.25) is 0 Å². The maximum atomic E-state index is 13.4. The van der Waals surface area contributed by atoms with Crippen molar-refractivity contribution >= 4 is 20.8 Å². The average molecular weight is 394 g/mol. The second-order valence-electron chi connectivity index (χ2n) is 7.76. The monoisotopic (exact) mass is 393 g/mol. The Morgan fingerprint density at radius 1 is 0.846 bits per heavy atom. The van der Waals surface area contributed by atoms with E-state index in [1.807, 2.05) is 51.1 Å². The zero-order chi connectivity index (χ0) is 19.6. The van der Waals surface area contributed by atoms with E-state index >= 15 is 0 Å². The number of benzene rings is 2. The highest BCUT2D eigenvalue weighted by Crippen LogP contribution is 2.37. The van der Waals surface area contributed by atoms with Crippen LogP contribution in [0.15, 0.2) is 65.6 Å². The first-order valence-corrected chi connectivity index (χ1v) is 11.1. The highest BCUT2D eigenvalue weighted by atomic mass is 32.2. The lowest BCUT2D eigenvalue weighted by Crippen LogP contribution is -2.48. The van der Waals surface area contributed by atoms with E-state index in [1.165, 1.54) is 0 Å². The lowest BCUT2D eigenvalue weighted by Gasteiger charge is -2.36. The molecule has 0 aliphatic carbocycles. The summed E-state index contributed by atoms with van der Waals surface area (Å²) in [5, 5.41) is 0. The Bertz CT molecular complexity index is 855. The molecule has 2 aromatic rings. The van der Waals surface area contributed by atoms with E-state index < -0.39 is 36.4 Å². The smallest absolute Gasteiger partial charge is 0.185 e. The van der Waals surface area contributed by atoms with Crippen molar-refractivity contribution in [3.8, 4) is 0 Å². The highest BCUT2D eigenvalue weighted by Gasteiger charge is 2.45. The molecule has 0 saturated heterocycles. The molecule has 2 aromatic carbocycles. The van der Waals surface area contributed by atoms with Gasteiger partial charge in [0.15, 0.2) is 9.84 Å². The Hall–Kier alpha value is -1.50. The molecule has 0 bridgehead atoms. The van der Waals surface area contributed by atoms with Gasteiger partial charge in [-0.1, -0.05) is 48.5 Å². The summed E-state index contributed by atoms with van der Waals surface area (Å²) in [7, 11) is -5.09. The Kier molecular flexibility index (Phi) is 6.10. The van der Waals surface area contributed by atoms with Crippen molar-refractivity contribution in [2.24, 2.45) is 0 Å². The predicted octanol–water partition coefficient (Wildman–Crippen LogP) is 4.03. The van der Waals surface area contributed by atoms with Crippen LogP contribution >= 0.6 is 0 Å². The third-order valence-electron chi connectivity index (χ3n) is 4.36. The molecule has 26 heavy (non-hydrogen) atoms. The van der Waals surface area contributed by atoms with Crippen LogP contribution in [-0.2, 0) is 20.8 Å². The first-order valence-electron chi connectivity index (χ1n) is 8.50. The summed E-state index contributed by atoms with van der Waals surface area (Å²) in [5.41, 5.74) is 0.787. The third-order valence-corrected chi connectivity index (χ3v) is 8.43. The van der Waals surface area contributed by atoms with E-state index in [2.05, 4.69) is 4.72 Å². The Morgan fingerprint density at radius 2 is 1.31 bits per heavy atom. The summed E-state index contributed by atoms with van der Waals surface area (Å²) >= 11 is 0. The van der Waals surface area contributed by atoms with Crippen LogP contribution in [0.2, 0.25) is 0 Å². The molecule has 1 N–H and O–H groups in total. The van der Waals surface area contributed by atoms with Crippen LogP contribution in [-0.4, -0.2) is 22.1 Å². The maximum Gasteiger partial charge on any atom is 0.185 e. The summed E-state index contributed by atoms with van der Waals surface area (Å²) in [5.74, 6) is 0. The van der Waals surface area contributed by atoms with Crippen LogP contribution in [0.25, 0.3) is 0 Å². The van der Waals surface area contributed by atoms with E-state index in [9.17, 15) is 12.6 Å². The molecule has 0 amide bonds. The minimum absolute atomic E-state index is 0.259. The normalized spacial score (nSPS) is 15.4. The molecule has 4 nitrogen and oxygen atoms in total. The number of sulfone groups is 1. The first kappa shape index (κ1) is 20.8. The molecule has 142 valence electrons. The summed E-state index contributed by atoms with van der Waals surface area (Å²) < 4.78 is 40.8. The minimum atomic E-state index is -3.67. The van der Waals surface area contributed by atoms with Crippen molar-refractivity contribution in [1.29, 1.82) is 0 Å². The molecule has 0 saturated carbocycles. The van der Waals surface area contributed by atoms with Crippen molar-refractivity contribution in [1.82, 2.24) is 4.72 Å². The fourth-order valence-electron chi connectivity index (χ4n) is 2.60. The minimum Gasteiger partial charge on any atom is -0.242 e. The molecule has 1 unspecified atom stereocenters. The van der Waals surface area contributed by atoms with Gasteiger partial charge >= 0.3 is 0 Å². The molecule has 2 rings (SSSR count). The van der Waals surface area contributed by atoms with Crippen LogP contribution in [0.4, 0.5) is 0 Å². The predicted molar refractivity (Wildman–Crippen MR) is 108 cm³/mol. The molecule has 6 heteroatoms. The van der Waals surface area contributed by atoms with Gasteiger partial charge in [-0.05, 0) is 52.3 Å². The van der Waals surface area contributed by atoms with Crippen molar-refractivity contribution in [2.75, 3.05) is 0 Å². The first-order chi connectivity index (χ1) is 12.0. The van der Waals surface area contributed by atoms with Gasteiger partial charge in [0.05, 0.1) is 31.4 Å². The van der Waals surface area contributed by atoms with Gasteiger partial charge in [0, 0.05) is 0 Å². The lowest BCUT2D eigenvalue weighted by molar-refractivity contribution is 0.466. The molecule has 2 atom stereocenters. The van der Waals surface area contributed by atoms with Crippen LogP contribution in [0.3, 0.4) is 0 Å². The highest BCUT2D eigenvalue weighted by molar-refractivity contribution is 7.93. The van der Waals surface area contributed by atoms with Gasteiger partial charge in [0.1, 0.15) is 0 Å². The number of nitrogens with one attached hydrogen (secondary N) is 1. The Morgan fingerprint density at radius 3 is 1.77 bits per heavy atom. The van der Waals surface area contributed by atoms with Crippen LogP contribution in [0.1, 0.15) is 46.2 Å².